The lowest BCUT2D eigenvalue weighted by Crippen LogP contribution is -2.40. The number of hydrogen-bond acceptors (Lipinski definition) is 2. The van der Waals surface area contributed by atoms with Gasteiger partial charge in [-0.05, 0) is 30.2 Å². The molecule has 0 aliphatic carbocycles. The Kier molecular flexibility index (Phi) is 4.51. The molecule has 4 N–H and O–H groups in total. The van der Waals surface area contributed by atoms with E-state index in [2.05, 4.69) is 21.2 Å². The van der Waals surface area contributed by atoms with Gasteiger partial charge in [0.05, 0.1) is 0 Å². The molecule has 0 heterocycles. The lowest BCUT2D eigenvalue weighted by molar-refractivity contribution is 0.241. The van der Waals surface area contributed by atoms with Crippen molar-refractivity contribution in [1.29, 1.82) is 0 Å². The summed E-state index contributed by atoms with van der Waals surface area (Å²) in [6.45, 7) is 0.330. The molecule has 0 spiro atoms. The van der Waals surface area contributed by atoms with Gasteiger partial charge in [-0.3, -0.25) is 5.43 Å². The molecular weight excluding hydrogens is 265 g/mol. The largest absolute Gasteiger partial charge is 0.337 e. The second-order valence-corrected chi connectivity index (χ2v) is 3.80. The molecule has 0 aliphatic rings. The molecule has 6 heteroatoms. The zero-order valence-electron chi connectivity index (χ0n) is 7.89. The third-order valence-corrected chi connectivity index (χ3v) is 2.31. The first kappa shape index (κ1) is 11.9. The number of hydrogen-bond donors (Lipinski definition) is 3. The zero-order chi connectivity index (χ0) is 11.3. The van der Waals surface area contributed by atoms with Gasteiger partial charge in [0, 0.05) is 11.0 Å². The summed E-state index contributed by atoms with van der Waals surface area (Å²) in [5.41, 5.74) is 2.47. The van der Waals surface area contributed by atoms with Crippen LogP contribution < -0.4 is 16.6 Å². The topological polar surface area (TPSA) is 67.1 Å². The van der Waals surface area contributed by atoms with E-state index in [1.54, 1.807) is 12.1 Å². The molecule has 0 fully saturated rings. The molecule has 4 nitrogen and oxygen atoms in total. The molecule has 0 aliphatic heterocycles. The first-order valence-corrected chi connectivity index (χ1v) is 5.11. The average Bonchev–Trinajstić information content (AvgIpc) is 2.23. The fourth-order valence-electron chi connectivity index (χ4n) is 1.10. The highest BCUT2D eigenvalue weighted by molar-refractivity contribution is 9.10. The molecule has 0 radical (unpaired) electrons. The smallest absolute Gasteiger partial charge is 0.328 e. The third-order valence-electron chi connectivity index (χ3n) is 1.82. The summed E-state index contributed by atoms with van der Waals surface area (Å²) >= 11 is 3.24. The fourth-order valence-corrected chi connectivity index (χ4v) is 1.51. The van der Waals surface area contributed by atoms with Crippen LogP contribution in [-0.4, -0.2) is 12.6 Å². The van der Waals surface area contributed by atoms with Gasteiger partial charge in [0.1, 0.15) is 5.82 Å². The molecular formula is C9H11BrFN3O. The Morgan fingerprint density at radius 2 is 2.27 bits per heavy atom. The Bertz CT molecular complexity index is 359. The molecule has 0 unspecified atom stereocenters. The number of carbonyl (C=O) groups excluding carboxylic acids is 1. The first-order valence-electron chi connectivity index (χ1n) is 4.32. The van der Waals surface area contributed by atoms with Crippen molar-refractivity contribution >= 4 is 22.0 Å². The van der Waals surface area contributed by atoms with Gasteiger partial charge in [-0.2, -0.15) is 0 Å². The molecule has 0 bridgehead atoms. The van der Waals surface area contributed by atoms with Gasteiger partial charge < -0.3 is 5.32 Å². The molecule has 0 aromatic heterocycles. The van der Waals surface area contributed by atoms with Gasteiger partial charge >= 0.3 is 6.03 Å². The lowest BCUT2D eigenvalue weighted by atomic mass is 10.1. The van der Waals surface area contributed by atoms with Gasteiger partial charge in [0.25, 0.3) is 0 Å². The number of benzene rings is 1. The van der Waals surface area contributed by atoms with Crippen molar-refractivity contribution in [2.24, 2.45) is 5.84 Å². The van der Waals surface area contributed by atoms with Crippen LogP contribution in [0.4, 0.5) is 9.18 Å². The van der Waals surface area contributed by atoms with Crippen molar-refractivity contribution in [3.8, 4) is 0 Å². The number of hydrazine groups is 1. The quantitative estimate of drug-likeness (QED) is 0.442. The molecule has 82 valence electrons. The van der Waals surface area contributed by atoms with Crippen molar-refractivity contribution < 1.29 is 9.18 Å². The lowest BCUT2D eigenvalue weighted by Gasteiger charge is -2.05. The summed E-state index contributed by atoms with van der Waals surface area (Å²) in [5.74, 6) is 4.58. The van der Waals surface area contributed by atoms with E-state index in [0.29, 0.717) is 18.5 Å². The van der Waals surface area contributed by atoms with Crippen molar-refractivity contribution in [1.82, 2.24) is 10.7 Å². The minimum atomic E-state index is -0.481. The number of urea groups is 1. The maximum atomic E-state index is 13.2. The second-order valence-electron chi connectivity index (χ2n) is 2.89. The van der Waals surface area contributed by atoms with Crippen LogP contribution in [0.15, 0.2) is 22.7 Å². The van der Waals surface area contributed by atoms with Crippen LogP contribution in [0.5, 0.6) is 0 Å². The number of amides is 2. The van der Waals surface area contributed by atoms with E-state index in [4.69, 9.17) is 5.84 Å². The van der Waals surface area contributed by atoms with Gasteiger partial charge in [-0.15, -0.1) is 0 Å². The minimum absolute atomic E-state index is 0.284. The van der Waals surface area contributed by atoms with Crippen LogP contribution >= 0.6 is 15.9 Å². The van der Waals surface area contributed by atoms with Gasteiger partial charge in [-0.1, -0.05) is 15.9 Å². The Morgan fingerprint density at radius 1 is 1.53 bits per heavy atom. The van der Waals surface area contributed by atoms with Crippen LogP contribution in [0.3, 0.4) is 0 Å². The van der Waals surface area contributed by atoms with Crippen molar-refractivity contribution in [3.05, 3.63) is 34.1 Å². The van der Waals surface area contributed by atoms with Crippen molar-refractivity contribution in [3.63, 3.8) is 0 Å². The second kappa shape index (κ2) is 5.67. The Hall–Kier alpha value is -1.14. The number of halogens is 2. The van der Waals surface area contributed by atoms with E-state index in [-0.39, 0.29) is 5.82 Å². The highest BCUT2D eigenvalue weighted by Crippen LogP contribution is 2.15. The van der Waals surface area contributed by atoms with Crippen LogP contribution in [0, 0.1) is 5.82 Å². The van der Waals surface area contributed by atoms with Crippen molar-refractivity contribution in [2.75, 3.05) is 6.54 Å². The molecule has 0 atom stereocenters. The summed E-state index contributed by atoms with van der Waals surface area (Å²) in [6, 6.07) is 4.20. The Labute approximate surface area is 95.1 Å². The first-order chi connectivity index (χ1) is 7.13. The molecule has 2 amide bonds. The zero-order valence-corrected chi connectivity index (χ0v) is 9.47. The van der Waals surface area contributed by atoms with E-state index >= 15 is 0 Å². The number of rotatable bonds is 3. The van der Waals surface area contributed by atoms with E-state index in [9.17, 15) is 9.18 Å². The minimum Gasteiger partial charge on any atom is -0.337 e. The molecule has 15 heavy (non-hydrogen) atoms. The van der Waals surface area contributed by atoms with E-state index in [1.165, 1.54) is 6.07 Å². The molecule has 0 saturated heterocycles. The third kappa shape index (κ3) is 3.85. The van der Waals surface area contributed by atoms with Gasteiger partial charge in [0.15, 0.2) is 0 Å². The summed E-state index contributed by atoms with van der Waals surface area (Å²) in [6.07, 6.45) is 0.415. The normalized spacial score (nSPS) is 9.80. The monoisotopic (exact) mass is 275 g/mol. The summed E-state index contributed by atoms with van der Waals surface area (Å²) in [7, 11) is 0. The molecule has 0 saturated carbocycles. The summed E-state index contributed by atoms with van der Waals surface area (Å²) < 4.78 is 14.0. The maximum absolute atomic E-state index is 13.2. The van der Waals surface area contributed by atoms with Crippen molar-refractivity contribution in [2.45, 2.75) is 6.42 Å². The molecule has 1 aromatic carbocycles. The fraction of sp³-hybridized carbons (Fsp3) is 0.222. The van der Waals surface area contributed by atoms with E-state index in [0.717, 1.165) is 4.47 Å². The highest BCUT2D eigenvalue weighted by atomic mass is 79.9. The number of carbonyl (C=O) groups is 1. The Morgan fingerprint density at radius 3 is 2.93 bits per heavy atom. The Balaban J connectivity index is 2.50. The maximum Gasteiger partial charge on any atom is 0.328 e. The molecule has 1 aromatic rings. The number of nitrogens with one attached hydrogen (secondary N) is 2. The predicted octanol–water partition coefficient (Wildman–Crippen LogP) is 1.30. The van der Waals surface area contributed by atoms with Crippen LogP contribution in [-0.2, 0) is 6.42 Å². The summed E-state index contributed by atoms with van der Waals surface area (Å²) in [4.78, 5) is 10.7. The SMILES string of the molecule is NNC(=O)NCCc1cc(Br)ccc1F. The van der Waals surface area contributed by atoms with Crippen LogP contribution in [0.2, 0.25) is 0 Å². The summed E-state index contributed by atoms with van der Waals surface area (Å²) in [5, 5.41) is 2.47. The van der Waals surface area contributed by atoms with E-state index < -0.39 is 6.03 Å². The van der Waals surface area contributed by atoms with Gasteiger partial charge in [-0.25, -0.2) is 15.0 Å². The highest BCUT2D eigenvalue weighted by Gasteiger charge is 2.03. The van der Waals surface area contributed by atoms with Crippen LogP contribution in [0.1, 0.15) is 5.56 Å². The average molecular weight is 276 g/mol. The van der Waals surface area contributed by atoms with E-state index in [1.807, 2.05) is 5.43 Å². The predicted molar refractivity (Wildman–Crippen MR) is 58.5 cm³/mol. The van der Waals surface area contributed by atoms with Gasteiger partial charge in [0.2, 0.25) is 0 Å². The molecule has 1 rings (SSSR count). The number of nitrogens with two attached hydrogens (primary N) is 1. The van der Waals surface area contributed by atoms with Crippen LogP contribution in [0.25, 0.3) is 0 Å². The standard InChI is InChI=1S/C9H11BrFN3O/c10-7-1-2-8(11)6(5-7)3-4-13-9(15)14-12/h1-2,5H,3-4,12H2,(H2,13,14,15).